The third-order valence-corrected chi connectivity index (χ3v) is 6.06. The van der Waals surface area contributed by atoms with Crippen molar-refractivity contribution in [1.82, 2.24) is 4.90 Å². The van der Waals surface area contributed by atoms with Gasteiger partial charge in [0.2, 0.25) is 5.91 Å². The lowest BCUT2D eigenvalue weighted by molar-refractivity contribution is -0.122. The number of benzene rings is 3. The second kappa shape index (κ2) is 9.94. The lowest BCUT2D eigenvalue weighted by Crippen LogP contribution is -2.37. The van der Waals surface area contributed by atoms with Gasteiger partial charge in [-0.1, -0.05) is 60.7 Å². The summed E-state index contributed by atoms with van der Waals surface area (Å²) in [5, 5.41) is 0. The first kappa shape index (κ1) is 20.7. The molecule has 5 heteroatoms. The third kappa shape index (κ3) is 5.11. The number of carbonyl (C=O) groups is 1. The largest absolute Gasteiger partial charge is 0.325 e. The Morgan fingerprint density at radius 1 is 0.933 bits per heavy atom. The number of rotatable bonds is 7. The minimum atomic E-state index is -0.00989. The van der Waals surface area contributed by atoms with Crippen molar-refractivity contribution < 1.29 is 9.35 Å². The van der Waals surface area contributed by atoms with Gasteiger partial charge in [0.1, 0.15) is 0 Å². The van der Waals surface area contributed by atoms with Crippen molar-refractivity contribution in [2.75, 3.05) is 18.0 Å². The second-order valence-corrected chi connectivity index (χ2v) is 8.36. The maximum atomic E-state index is 13.5. The number of nitrogens with zero attached hydrogens (tertiary/aromatic N) is 2. The minimum absolute atomic E-state index is 0.00989. The van der Waals surface area contributed by atoms with Crippen molar-refractivity contribution in [3.8, 4) is 0 Å². The zero-order chi connectivity index (χ0) is 20.8. The van der Waals surface area contributed by atoms with Crippen LogP contribution in [0.1, 0.15) is 17.5 Å². The molecule has 3 aromatic carbocycles. The summed E-state index contributed by atoms with van der Waals surface area (Å²) in [7, 11) is 0. The first-order valence-corrected chi connectivity index (χ1v) is 11.0. The van der Waals surface area contributed by atoms with E-state index in [4.69, 9.17) is 0 Å². The zero-order valence-corrected chi connectivity index (χ0v) is 17.7. The number of hydrogen-bond acceptors (Lipinski definition) is 4. The van der Waals surface area contributed by atoms with Crippen LogP contribution in [0.15, 0.2) is 89.8 Å². The van der Waals surface area contributed by atoms with E-state index in [0.717, 1.165) is 54.2 Å². The Labute approximate surface area is 182 Å². The van der Waals surface area contributed by atoms with E-state index >= 15 is 0 Å². The van der Waals surface area contributed by atoms with Crippen LogP contribution in [-0.2, 0) is 17.9 Å². The average molecular weight is 419 g/mol. The van der Waals surface area contributed by atoms with Crippen molar-refractivity contribution in [3.05, 3.63) is 96.1 Å². The minimum Gasteiger partial charge on any atom is -0.325 e. The number of likely N-dealkylation sites (tertiary alicyclic amines) is 1. The highest BCUT2D eigenvalue weighted by atomic mass is 32.2. The van der Waals surface area contributed by atoms with Gasteiger partial charge >= 0.3 is 0 Å². The van der Waals surface area contributed by atoms with Crippen molar-refractivity contribution >= 4 is 23.6 Å². The van der Waals surface area contributed by atoms with E-state index in [1.165, 1.54) is 5.56 Å². The zero-order valence-electron chi connectivity index (χ0n) is 16.9. The maximum absolute atomic E-state index is 13.5. The van der Waals surface area contributed by atoms with Crippen LogP contribution in [0, 0.1) is 5.92 Å². The van der Waals surface area contributed by atoms with E-state index < -0.39 is 0 Å². The van der Waals surface area contributed by atoms with Crippen LogP contribution in [0.5, 0.6) is 0 Å². The molecule has 0 aliphatic carbocycles. The molecule has 30 heavy (non-hydrogen) atoms. The highest BCUT2D eigenvalue weighted by Crippen LogP contribution is 2.27. The van der Waals surface area contributed by atoms with Crippen molar-refractivity contribution in [2.24, 2.45) is 5.92 Å². The summed E-state index contributed by atoms with van der Waals surface area (Å²) in [5.41, 5.74) is 3.25. The van der Waals surface area contributed by atoms with E-state index in [1.807, 2.05) is 53.4 Å². The number of anilines is 1. The van der Waals surface area contributed by atoms with Gasteiger partial charge in [-0.2, -0.15) is 0 Å². The molecule has 1 N–H and O–H groups in total. The smallest absolute Gasteiger partial charge is 0.231 e. The first-order chi connectivity index (χ1) is 14.7. The molecule has 1 aliphatic heterocycles. The van der Waals surface area contributed by atoms with Crippen LogP contribution < -0.4 is 4.90 Å². The van der Waals surface area contributed by atoms with Crippen LogP contribution in [0.2, 0.25) is 0 Å². The highest BCUT2D eigenvalue weighted by molar-refractivity contribution is 7.93. The topological polar surface area (TPSA) is 43.8 Å². The van der Waals surface area contributed by atoms with E-state index in [-0.39, 0.29) is 11.8 Å². The van der Waals surface area contributed by atoms with Crippen LogP contribution in [0.3, 0.4) is 0 Å². The Hall–Kier alpha value is -2.60. The second-order valence-electron chi connectivity index (χ2n) is 7.70. The lowest BCUT2D eigenvalue weighted by atomic mass is 10.1. The summed E-state index contributed by atoms with van der Waals surface area (Å²) in [6.45, 7) is 3.14. The van der Waals surface area contributed by atoms with E-state index in [9.17, 15) is 9.35 Å². The average Bonchev–Trinajstić information content (AvgIpc) is 3.27. The van der Waals surface area contributed by atoms with Gasteiger partial charge in [-0.25, -0.2) is 0 Å². The third-order valence-electron chi connectivity index (χ3n) is 5.57. The van der Waals surface area contributed by atoms with Crippen molar-refractivity contribution in [1.29, 1.82) is 0 Å². The maximum Gasteiger partial charge on any atom is 0.231 e. The summed E-state index contributed by atoms with van der Waals surface area (Å²) in [4.78, 5) is 18.6. The fraction of sp³-hybridized carbons (Fsp3) is 0.240. The number of carbonyl (C=O) groups excluding carboxylic acids is 1. The molecule has 0 saturated carbocycles. The van der Waals surface area contributed by atoms with Crippen LogP contribution >= 0.6 is 12.0 Å². The normalized spacial score (nSPS) is 16.5. The lowest BCUT2D eigenvalue weighted by Gasteiger charge is -2.26. The number of amides is 1. The Kier molecular flexibility index (Phi) is 6.84. The molecule has 4 nitrogen and oxygen atoms in total. The predicted molar refractivity (Wildman–Crippen MR) is 122 cm³/mol. The van der Waals surface area contributed by atoms with Gasteiger partial charge in [-0.15, -0.1) is 0 Å². The van der Waals surface area contributed by atoms with Gasteiger partial charge in [0.05, 0.1) is 12.5 Å². The summed E-state index contributed by atoms with van der Waals surface area (Å²) >= 11 is 0.718. The van der Waals surface area contributed by atoms with E-state index in [0.29, 0.717) is 6.54 Å². The molecular weight excluding hydrogens is 392 g/mol. The van der Waals surface area contributed by atoms with Gasteiger partial charge in [-0.05, 0) is 48.4 Å². The van der Waals surface area contributed by atoms with Gasteiger partial charge in [-0.3, -0.25) is 9.69 Å². The molecule has 0 aromatic heterocycles. The van der Waals surface area contributed by atoms with Gasteiger partial charge < -0.3 is 9.45 Å². The molecule has 1 heterocycles. The standard InChI is InChI=1S/C25H26N2O2S/c28-25(22-15-16-26(19-22)17-20-7-3-1-4-8-20)27(18-21-9-5-2-6-10-21)23-11-13-24(30-29)14-12-23/h1-14,22,29H,15-19H2. The Morgan fingerprint density at radius 2 is 1.57 bits per heavy atom. The summed E-state index contributed by atoms with van der Waals surface area (Å²) in [6, 6.07) is 28.0. The molecule has 154 valence electrons. The van der Waals surface area contributed by atoms with Gasteiger partial charge in [0.25, 0.3) is 0 Å². The Morgan fingerprint density at radius 3 is 2.20 bits per heavy atom. The molecule has 1 aliphatic rings. The van der Waals surface area contributed by atoms with E-state index in [2.05, 4.69) is 41.3 Å². The molecule has 3 aromatic rings. The molecular formula is C25H26N2O2S. The van der Waals surface area contributed by atoms with Crippen LogP contribution in [-0.4, -0.2) is 28.4 Å². The molecule has 1 atom stereocenters. The molecule has 0 spiro atoms. The molecule has 1 saturated heterocycles. The van der Waals surface area contributed by atoms with Crippen LogP contribution in [0.4, 0.5) is 5.69 Å². The Balaban J connectivity index is 1.50. The monoisotopic (exact) mass is 418 g/mol. The predicted octanol–water partition coefficient (Wildman–Crippen LogP) is 5.31. The van der Waals surface area contributed by atoms with Crippen molar-refractivity contribution in [2.45, 2.75) is 24.4 Å². The molecule has 0 bridgehead atoms. The summed E-state index contributed by atoms with van der Waals surface area (Å²) in [5.74, 6) is 0.156. The SMILES string of the molecule is O=C(C1CCN(Cc2ccccc2)C1)N(Cc1ccccc1)c1ccc(SO)cc1. The van der Waals surface area contributed by atoms with Gasteiger partial charge in [0, 0.05) is 35.7 Å². The Bertz CT molecular complexity index is 948. The summed E-state index contributed by atoms with van der Waals surface area (Å²) in [6.07, 6.45) is 0.877. The summed E-state index contributed by atoms with van der Waals surface area (Å²) < 4.78 is 9.26. The molecule has 1 unspecified atom stereocenters. The first-order valence-electron chi connectivity index (χ1n) is 10.3. The highest BCUT2D eigenvalue weighted by Gasteiger charge is 2.32. The fourth-order valence-corrected chi connectivity index (χ4v) is 4.25. The van der Waals surface area contributed by atoms with E-state index in [1.54, 1.807) is 0 Å². The molecule has 0 radical (unpaired) electrons. The number of hydrogen-bond donors (Lipinski definition) is 1. The van der Waals surface area contributed by atoms with Gasteiger partial charge in [0.15, 0.2) is 0 Å². The fourth-order valence-electron chi connectivity index (χ4n) is 3.99. The quantitative estimate of drug-likeness (QED) is 0.528. The van der Waals surface area contributed by atoms with Crippen molar-refractivity contribution in [3.63, 3.8) is 0 Å². The molecule has 1 fully saturated rings. The molecule has 4 rings (SSSR count). The van der Waals surface area contributed by atoms with Crippen LogP contribution in [0.25, 0.3) is 0 Å². The molecule has 1 amide bonds.